The Morgan fingerprint density at radius 2 is 1.47 bits per heavy atom. The first-order valence-corrected chi connectivity index (χ1v) is 16.9. The molecule has 3 aliphatic carbocycles. The Labute approximate surface area is 274 Å². The Bertz CT molecular complexity index is 1630. The topological polar surface area (TPSA) is 0 Å². The molecule has 6 rings (SSSR count). The lowest BCUT2D eigenvalue weighted by Crippen LogP contribution is -2.15. The van der Waals surface area contributed by atoms with Crippen LogP contribution >= 0.6 is 0 Å². The van der Waals surface area contributed by atoms with Crippen molar-refractivity contribution in [3.63, 3.8) is 0 Å². The van der Waals surface area contributed by atoms with Crippen LogP contribution in [0.4, 0.5) is 0 Å². The summed E-state index contributed by atoms with van der Waals surface area (Å²) in [6, 6.07) is 24.6. The average Bonchev–Trinajstić information content (AvgIpc) is 3.27. The van der Waals surface area contributed by atoms with E-state index >= 15 is 0 Å². The van der Waals surface area contributed by atoms with Crippen LogP contribution in [-0.4, -0.2) is 0 Å². The largest absolute Gasteiger partial charge is 0.0840 e. The van der Waals surface area contributed by atoms with Gasteiger partial charge < -0.3 is 0 Å². The van der Waals surface area contributed by atoms with Gasteiger partial charge in [-0.2, -0.15) is 0 Å². The SMILES string of the molecule is CC/C(C)=C\C/C=C(\C)c1ccc2c(c1)C(C)(C)c1cc(C)ccc1-2.CC1=CCC(c2ccccc2)C=C1.CC1=CCCC=C1. The summed E-state index contributed by atoms with van der Waals surface area (Å²) < 4.78 is 0. The fourth-order valence-electron chi connectivity index (χ4n) is 6.22. The van der Waals surface area contributed by atoms with Gasteiger partial charge in [-0.3, -0.25) is 0 Å². The van der Waals surface area contributed by atoms with Crippen LogP contribution in [0, 0.1) is 6.92 Å². The van der Waals surface area contributed by atoms with Gasteiger partial charge in [0.15, 0.2) is 0 Å². The minimum Gasteiger partial charge on any atom is -0.0840 e. The number of benzene rings is 3. The molecule has 0 heteroatoms. The van der Waals surface area contributed by atoms with Gasteiger partial charge in [-0.25, -0.2) is 0 Å². The quantitative estimate of drug-likeness (QED) is 0.258. The summed E-state index contributed by atoms with van der Waals surface area (Å²) in [5.41, 5.74) is 15.5. The molecule has 0 aliphatic heterocycles. The second kappa shape index (κ2) is 15.9. The van der Waals surface area contributed by atoms with Gasteiger partial charge in [0, 0.05) is 11.3 Å². The monoisotopic (exact) mass is 594 g/mol. The van der Waals surface area contributed by atoms with E-state index in [4.69, 9.17) is 0 Å². The lowest BCUT2D eigenvalue weighted by molar-refractivity contribution is 0.659. The lowest BCUT2D eigenvalue weighted by Gasteiger charge is -2.22. The summed E-state index contributed by atoms with van der Waals surface area (Å²) in [5.74, 6) is 0.588. The first-order chi connectivity index (χ1) is 21.6. The summed E-state index contributed by atoms with van der Waals surface area (Å²) in [4.78, 5) is 0. The van der Waals surface area contributed by atoms with Gasteiger partial charge in [0.1, 0.15) is 0 Å². The predicted octanol–water partition coefficient (Wildman–Crippen LogP) is 13.4. The molecule has 45 heavy (non-hydrogen) atoms. The average molecular weight is 595 g/mol. The highest BCUT2D eigenvalue weighted by atomic mass is 14.4. The summed E-state index contributed by atoms with van der Waals surface area (Å²) >= 11 is 0. The molecule has 0 heterocycles. The van der Waals surface area contributed by atoms with Crippen LogP contribution in [0.3, 0.4) is 0 Å². The third-order valence-electron chi connectivity index (χ3n) is 9.43. The van der Waals surface area contributed by atoms with E-state index in [9.17, 15) is 0 Å². The maximum Gasteiger partial charge on any atom is 0.0159 e. The zero-order valence-electron chi connectivity index (χ0n) is 29.1. The fourth-order valence-corrected chi connectivity index (χ4v) is 6.22. The Hall–Kier alpha value is -3.90. The fraction of sp³-hybridized carbons (Fsp3) is 0.333. The third kappa shape index (κ3) is 9.07. The molecule has 3 aromatic carbocycles. The van der Waals surface area contributed by atoms with E-state index in [2.05, 4.69) is 171 Å². The number of rotatable bonds is 5. The van der Waals surface area contributed by atoms with Gasteiger partial charge in [-0.15, -0.1) is 0 Å². The third-order valence-corrected chi connectivity index (χ3v) is 9.43. The van der Waals surface area contributed by atoms with Crippen LogP contribution in [0.2, 0.25) is 0 Å². The number of allylic oxidation sites excluding steroid dienone is 12. The Morgan fingerprint density at radius 3 is 2.07 bits per heavy atom. The molecule has 0 saturated carbocycles. The van der Waals surface area contributed by atoms with Crippen molar-refractivity contribution < 1.29 is 0 Å². The molecular weight excluding hydrogens is 540 g/mol. The van der Waals surface area contributed by atoms with Crippen LogP contribution in [0.5, 0.6) is 0 Å². The van der Waals surface area contributed by atoms with E-state index in [1.165, 1.54) is 74.1 Å². The maximum absolute atomic E-state index is 2.41. The second-order valence-corrected chi connectivity index (χ2v) is 13.4. The highest BCUT2D eigenvalue weighted by Gasteiger charge is 2.35. The highest BCUT2D eigenvalue weighted by Crippen LogP contribution is 2.49. The van der Waals surface area contributed by atoms with Crippen molar-refractivity contribution in [2.75, 3.05) is 0 Å². The zero-order valence-corrected chi connectivity index (χ0v) is 29.1. The van der Waals surface area contributed by atoms with Gasteiger partial charge in [0.05, 0.1) is 0 Å². The molecule has 1 atom stereocenters. The van der Waals surface area contributed by atoms with Gasteiger partial charge in [0.2, 0.25) is 0 Å². The van der Waals surface area contributed by atoms with E-state index in [1.807, 2.05) is 0 Å². The second-order valence-electron chi connectivity index (χ2n) is 13.4. The van der Waals surface area contributed by atoms with Crippen LogP contribution in [0.25, 0.3) is 16.7 Å². The van der Waals surface area contributed by atoms with Crippen molar-refractivity contribution in [1.29, 1.82) is 0 Å². The van der Waals surface area contributed by atoms with Crippen molar-refractivity contribution in [3.8, 4) is 11.1 Å². The van der Waals surface area contributed by atoms with Gasteiger partial charge in [0.25, 0.3) is 0 Å². The Balaban J connectivity index is 0.000000189. The molecule has 0 nitrogen and oxygen atoms in total. The molecule has 0 N–H and O–H groups in total. The van der Waals surface area contributed by atoms with Crippen LogP contribution in [-0.2, 0) is 5.41 Å². The van der Waals surface area contributed by atoms with Crippen molar-refractivity contribution in [3.05, 3.63) is 160 Å². The van der Waals surface area contributed by atoms with Gasteiger partial charge in [-0.05, 0) is 112 Å². The minimum absolute atomic E-state index is 0.0751. The van der Waals surface area contributed by atoms with Crippen molar-refractivity contribution in [2.24, 2.45) is 0 Å². The molecule has 0 saturated heterocycles. The molecule has 0 spiro atoms. The number of hydrogen-bond acceptors (Lipinski definition) is 0. The van der Waals surface area contributed by atoms with Crippen LogP contribution < -0.4 is 0 Å². The van der Waals surface area contributed by atoms with E-state index in [0.717, 1.165) is 19.3 Å². The van der Waals surface area contributed by atoms with Gasteiger partial charge in [-0.1, -0.05) is 152 Å². The molecule has 0 fully saturated rings. The maximum atomic E-state index is 2.41. The summed E-state index contributed by atoms with van der Waals surface area (Å²) in [6.07, 6.45) is 23.9. The normalized spacial score (nSPS) is 18.0. The van der Waals surface area contributed by atoms with E-state index < -0.39 is 0 Å². The summed E-state index contributed by atoms with van der Waals surface area (Å²) in [6.45, 7) is 17.8. The number of hydrogen-bond donors (Lipinski definition) is 0. The minimum atomic E-state index is 0.0751. The molecule has 3 aromatic rings. The van der Waals surface area contributed by atoms with Crippen LogP contribution in [0.15, 0.2) is 132 Å². The molecule has 3 aliphatic rings. The molecule has 0 aromatic heterocycles. The predicted molar refractivity (Wildman–Crippen MR) is 200 cm³/mol. The molecule has 0 bridgehead atoms. The molecule has 0 amide bonds. The zero-order chi connectivity index (χ0) is 32.4. The molecule has 0 radical (unpaired) electrons. The van der Waals surface area contributed by atoms with Crippen molar-refractivity contribution in [1.82, 2.24) is 0 Å². The first kappa shape index (κ1) is 34.0. The van der Waals surface area contributed by atoms with Gasteiger partial charge >= 0.3 is 0 Å². The lowest BCUT2D eigenvalue weighted by atomic mass is 9.81. The summed E-state index contributed by atoms with van der Waals surface area (Å²) in [7, 11) is 0. The van der Waals surface area contributed by atoms with E-state index in [-0.39, 0.29) is 5.41 Å². The summed E-state index contributed by atoms with van der Waals surface area (Å²) in [5, 5.41) is 0. The van der Waals surface area contributed by atoms with Crippen molar-refractivity contribution in [2.45, 2.75) is 98.8 Å². The van der Waals surface area contributed by atoms with E-state index in [0.29, 0.717) is 5.92 Å². The standard InChI is InChI=1S/C25H30.C13H14.C7H10/c1-7-17(2)9-8-10-19(4)20-12-14-22-21-13-11-18(3)15-23(21)25(5,6)24(22)16-20;1-11-7-9-13(10-8-11)12-5-3-2-4-6-12;1-7-5-3-2-4-6-7/h9-16H,7-8H2,1-6H3;2-9,13H,10H2,1H3;3,5-6H,2,4H2,1H3/b17-9-,19-10+;;. The molecule has 1 unspecified atom stereocenters. The highest BCUT2D eigenvalue weighted by molar-refractivity contribution is 5.83. The molecule has 234 valence electrons. The molecular formula is C45H54. The number of aryl methyl sites for hydroxylation is 1. The van der Waals surface area contributed by atoms with Crippen molar-refractivity contribution >= 4 is 5.57 Å². The Kier molecular flexibility index (Phi) is 12.0. The van der Waals surface area contributed by atoms with Crippen LogP contribution in [0.1, 0.15) is 114 Å². The smallest absolute Gasteiger partial charge is 0.0159 e. The Morgan fingerprint density at radius 1 is 0.778 bits per heavy atom. The first-order valence-electron chi connectivity index (χ1n) is 16.9. The number of fused-ring (bicyclic) bond motifs is 3. The van der Waals surface area contributed by atoms with E-state index in [1.54, 1.807) is 0 Å².